The predicted octanol–water partition coefficient (Wildman–Crippen LogP) is 2.92. The van der Waals surface area contributed by atoms with Crippen molar-refractivity contribution < 1.29 is 9.53 Å². The van der Waals surface area contributed by atoms with Crippen molar-refractivity contribution in [2.45, 2.75) is 6.42 Å². The van der Waals surface area contributed by atoms with Crippen molar-refractivity contribution in [3.63, 3.8) is 0 Å². The van der Waals surface area contributed by atoms with Crippen molar-refractivity contribution in [2.24, 2.45) is 5.92 Å². The van der Waals surface area contributed by atoms with Crippen molar-refractivity contribution >= 4 is 17.3 Å². The fourth-order valence-electron chi connectivity index (χ4n) is 2.55. The molecule has 1 amide bonds. The Hall–Kier alpha value is -2.49. The smallest absolute Gasteiger partial charge is 0.229 e. The molecule has 0 fully saturated rings. The molecule has 4 nitrogen and oxygen atoms in total. The van der Waals surface area contributed by atoms with Gasteiger partial charge in [-0.05, 0) is 42.3 Å². The van der Waals surface area contributed by atoms with E-state index in [2.05, 4.69) is 16.7 Å². The van der Waals surface area contributed by atoms with E-state index in [1.54, 1.807) is 7.11 Å². The molecule has 2 aromatic carbocycles. The largest absolute Gasteiger partial charge is 0.497 e. The molecule has 0 spiro atoms. The zero-order valence-corrected chi connectivity index (χ0v) is 11.9. The quantitative estimate of drug-likeness (QED) is 0.910. The molecule has 21 heavy (non-hydrogen) atoms. The number of methoxy groups -OCH3 is 1. The van der Waals surface area contributed by atoms with Gasteiger partial charge in [0.25, 0.3) is 0 Å². The van der Waals surface area contributed by atoms with Gasteiger partial charge in [-0.2, -0.15) is 0 Å². The first-order chi connectivity index (χ1) is 10.3. The molecule has 2 aromatic rings. The van der Waals surface area contributed by atoms with Crippen LogP contribution < -0.4 is 15.4 Å². The molecule has 1 heterocycles. The van der Waals surface area contributed by atoms with Crippen molar-refractivity contribution in [2.75, 3.05) is 24.3 Å². The predicted molar refractivity (Wildman–Crippen MR) is 83.7 cm³/mol. The molecule has 1 atom stereocenters. The number of anilines is 2. The van der Waals surface area contributed by atoms with Crippen LogP contribution in [0.4, 0.5) is 11.4 Å². The minimum absolute atomic E-state index is 0.0437. The van der Waals surface area contributed by atoms with E-state index >= 15 is 0 Å². The van der Waals surface area contributed by atoms with E-state index in [-0.39, 0.29) is 11.8 Å². The molecule has 0 aliphatic carbocycles. The van der Waals surface area contributed by atoms with Gasteiger partial charge in [-0.1, -0.05) is 18.2 Å². The van der Waals surface area contributed by atoms with Crippen LogP contribution in [0.1, 0.15) is 5.56 Å². The summed E-state index contributed by atoms with van der Waals surface area (Å²) in [6, 6.07) is 15.5. The summed E-state index contributed by atoms with van der Waals surface area (Å²) in [6.07, 6.45) is 0.769. The van der Waals surface area contributed by atoms with Gasteiger partial charge in [-0.25, -0.2) is 0 Å². The summed E-state index contributed by atoms with van der Waals surface area (Å²) >= 11 is 0. The lowest BCUT2D eigenvalue weighted by atomic mass is 9.93. The molecular formula is C17H18N2O2. The number of carbonyl (C=O) groups is 1. The number of rotatable bonds is 3. The van der Waals surface area contributed by atoms with E-state index < -0.39 is 0 Å². The minimum Gasteiger partial charge on any atom is -0.497 e. The first-order valence-electron chi connectivity index (χ1n) is 7.03. The molecule has 108 valence electrons. The monoisotopic (exact) mass is 282 g/mol. The highest BCUT2D eigenvalue weighted by Gasteiger charge is 2.24. The van der Waals surface area contributed by atoms with Crippen LogP contribution in [-0.4, -0.2) is 19.6 Å². The van der Waals surface area contributed by atoms with Crippen molar-refractivity contribution in [3.05, 3.63) is 54.1 Å². The highest BCUT2D eigenvalue weighted by molar-refractivity contribution is 5.93. The highest BCUT2D eigenvalue weighted by Crippen LogP contribution is 2.25. The zero-order chi connectivity index (χ0) is 14.7. The molecule has 0 aromatic heterocycles. The van der Waals surface area contributed by atoms with E-state index in [0.717, 1.165) is 23.5 Å². The number of para-hydroxylation sites is 1. The molecular weight excluding hydrogens is 264 g/mol. The molecule has 0 bridgehead atoms. The maximum atomic E-state index is 12.3. The van der Waals surface area contributed by atoms with Gasteiger partial charge in [-0.3, -0.25) is 4.79 Å². The Kier molecular flexibility index (Phi) is 3.77. The van der Waals surface area contributed by atoms with Gasteiger partial charge >= 0.3 is 0 Å². The van der Waals surface area contributed by atoms with Gasteiger partial charge in [0.2, 0.25) is 5.91 Å². The van der Waals surface area contributed by atoms with Crippen molar-refractivity contribution in [3.8, 4) is 5.75 Å². The third-order valence-corrected chi connectivity index (χ3v) is 3.75. The van der Waals surface area contributed by atoms with Gasteiger partial charge < -0.3 is 15.4 Å². The first kappa shape index (κ1) is 13.5. The molecule has 4 heteroatoms. The van der Waals surface area contributed by atoms with Crippen LogP contribution in [0.25, 0.3) is 0 Å². The van der Waals surface area contributed by atoms with Crippen LogP contribution in [0, 0.1) is 5.92 Å². The maximum Gasteiger partial charge on any atom is 0.229 e. The molecule has 3 rings (SSSR count). The third kappa shape index (κ3) is 2.99. The molecule has 1 aliphatic heterocycles. The van der Waals surface area contributed by atoms with Gasteiger partial charge in [-0.15, -0.1) is 0 Å². The number of amides is 1. The SMILES string of the molecule is COc1ccc(NC(=O)C2CNc3ccccc3C2)cc1. The molecule has 2 N–H and O–H groups in total. The number of hydrogen-bond acceptors (Lipinski definition) is 3. The Balaban J connectivity index is 1.66. The Morgan fingerprint density at radius 2 is 1.95 bits per heavy atom. The highest BCUT2D eigenvalue weighted by atomic mass is 16.5. The lowest BCUT2D eigenvalue weighted by Crippen LogP contribution is -2.33. The zero-order valence-electron chi connectivity index (χ0n) is 11.9. The van der Waals surface area contributed by atoms with Gasteiger partial charge in [0.05, 0.1) is 13.0 Å². The molecule has 0 saturated heterocycles. The Bertz CT molecular complexity index is 637. The fraction of sp³-hybridized carbons (Fsp3) is 0.235. The minimum atomic E-state index is -0.0537. The average Bonchev–Trinajstić information content (AvgIpc) is 2.55. The lowest BCUT2D eigenvalue weighted by Gasteiger charge is -2.25. The second-order valence-corrected chi connectivity index (χ2v) is 5.16. The van der Waals surface area contributed by atoms with E-state index in [9.17, 15) is 4.79 Å². The van der Waals surface area contributed by atoms with Crippen LogP contribution in [0.2, 0.25) is 0 Å². The van der Waals surface area contributed by atoms with Gasteiger partial charge in [0.15, 0.2) is 0 Å². The molecule has 1 unspecified atom stereocenters. The Labute approximate surface area is 124 Å². The first-order valence-corrected chi connectivity index (χ1v) is 7.03. The van der Waals surface area contributed by atoms with Crippen LogP contribution in [0.5, 0.6) is 5.75 Å². The number of hydrogen-bond donors (Lipinski definition) is 2. The van der Waals surface area contributed by atoms with E-state index in [0.29, 0.717) is 6.54 Å². The summed E-state index contributed by atoms with van der Waals surface area (Å²) in [7, 11) is 1.62. The van der Waals surface area contributed by atoms with Crippen LogP contribution in [0.15, 0.2) is 48.5 Å². The second kappa shape index (κ2) is 5.87. The van der Waals surface area contributed by atoms with Gasteiger partial charge in [0.1, 0.15) is 5.75 Å². The van der Waals surface area contributed by atoms with E-state index in [1.807, 2.05) is 42.5 Å². The maximum absolute atomic E-state index is 12.3. The molecule has 0 radical (unpaired) electrons. The summed E-state index contributed by atoms with van der Waals surface area (Å²) in [5, 5.41) is 6.28. The number of benzene rings is 2. The van der Waals surface area contributed by atoms with Crippen molar-refractivity contribution in [1.29, 1.82) is 0 Å². The normalized spacial score (nSPS) is 16.5. The summed E-state index contributed by atoms with van der Waals surface area (Å²) < 4.78 is 5.11. The standard InChI is InChI=1S/C17H18N2O2/c1-21-15-8-6-14(7-9-15)19-17(20)13-10-12-4-2-3-5-16(12)18-11-13/h2-9,13,18H,10-11H2,1H3,(H,19,20). The summed E-state index contributed by atoms with van der Waals surface area (Å²) in [5.74, 6) is 0.769. The van der Waals surface area contributed by atoms with Crippen LogP contribution >= 0.6 is 0 Å². The van der Waals surface area contributed by atoms with E-state index in [4.69, 9.17) is 4.74 Å². The van der Waals surface area contributed by atoms with Gasteiger partial charge in [0, 0.05) is 17.9 Å². The van der Waals surface area contributed by atoms with Crippen LogP contribution in [-0.2, 0) is 11.2 Å². The lowest BCUT2D eigenvalue weighted by molar-refractivity contribution is -0.119. The summed E-state index contributed by atoms with van der Waals surface area (Å²) in [5.41, 5.74) is 3.12. The number of fused-ring (bicyclic) bond motifs is 1. The van der Waals surface area contributed by atoms with Crippen molar-refractivity contribution in [1.82, 2.24) is 0 Å². The second-order valence-electron chi connectivity index (χ2n) is 5.16. The number of carbonyl (C=O) groups excluding carboxylic acids is 1. The molecule has 0 saturated carbocycles. The Morgan fingerprint density at radius 1 is 1.19 bits per heavy atom. The average molecular weight is 282 g/mol. The van der Waals surface area contributed by atoms with Crippen LogP contribution in [0.3, 0.4) is 0 Å². The Morgan fingerprint density at radius 3 is 2.71 bits per heavy atom. The topological polar surface area (TPSA) is 50.4 Å². The van der Waals surface area contributed by atoms with E-state index in [1.165, 1.54) is 5.56 Å². The number of nitrogens with one attached hydrogen (secondary N) is 2. The third-order valence-electron chi connectivity index (χ3n) is 3.75. The summed E-state index contributed by atoms with van der Waals surface area (Å²) in [4.78, 5) is 12.3. The fourth-order valence-corrected chi connectivity index (χ4v) is 2.55. The summed E-state index contributed by atoms with van der Waals surface area (Å²) in [6.45, 7) is 0.666. The number of ether oxygens (including phenoxy) is 1. The molecule has 1 aliphatic rings.